The number of fused-ring (bicyclic) bond motifs is 1. The third-order valence-electron chi connectivity index (χ3n) is 4.33. The van der Waals surface area contributed by atoms with E-state index in [0.29, 0.717) is 32.0 Å². The molecule has 0 unspecified atom stereocenters. The first kappa shape index (κ1) is 16.8. The highest BCUT2D eigenvalue weighted by atomic mass is 16.5. The molecule has 0 radical (unpaired) electrons. The zero-order valence-electron chi connectivity index (χ0n) is 13.8. The summed E-state index contributed by atoms with van der Waals surface area (Å²) >= 11 is 0. The Hall–Kier alpha value is -2.08. The number of rotatable bonds is 4. The molecule has 0 bridgehead atoms. The van der Waals surface area contributed by atoms with E-state index in [-0.39, 0.29) is 12.4 Å². The molecule has 1 aliphatic rings. The Labute approximate surface area is 141 Å². The van der Waals surface area contributed by atoms with Crippen LogP contribution in [0.3, 0.4) is 0 Å². The third kappa shape index (κ3) is 3.53. The van der Waals surface area contributed by atoms with E-state index in [1.165, 1.54) is 0 Å². The smallest absolute Gasteiger partial charge is 0.165 e. The average molecular weight is 329 g/mol. The number of nitrogens with zero attached hydrogens (tertiary/aromatic N) is 1. The van der Waals surface area contributed by atoms with Crippen LogP contribution in [0.2, 0.25) is 0 Å². The Balaban J connectivity index is 1.95. The maximum absolute atomic E-state index is 10.4. The summed E-state index contributed by atoms with van der Waals surface area (Å²) in [6.45, 7) is 3.76. The normalized spacial score (nSPS) is 16.1. The quantitative estimate of drug-likeness (QED) is 0.799. The highest BCUT2D eigenvalue weighted by Gasteiger charge is 2.21. The molecule has 0 saturated carbocycles. The number of phenols is 1. The summed E-state index contributed by atoms with van der Waals surface area (Å²) in [6.07, 6.45) is -0.778. The second-order valence-electron chi connectivity index (χ2n) is 6.22. The van der Waals surface area contributed by atoms with E-state index < -0.39 is 6.10 Å². The van der Waals surface area contributed by atoms with Crippen LogP contribution in [0.25, 0.3) is 11.1 Å². The molecule has 0 fully saturated rings. The molecule has 0 amide bonds. The summed E-state index contributed by atoms with van der Waals surface area (Å²) in [5, 5.41) is 29.1. The van der Waals surface area contributed by atoms with Crippen molar-refractivity contribution in [1.29, 1.82) is 0 Å². The number of hydrogen-bond acceptors (Lipinski definition) is 5. The van der Waals surface area contributed by atoms with Crippen molar-refractivity contribution in [2.75, 3.05) is 26.3 Å². The Bertz CT molecular complexity index is 717. The summed E-state index contributed by atoms with van der Waals surface area (Å²) in [5.74, 6) is 0.642. The summed E-state index contributed by atoms with van der Waals surface area (Å²) in [6, 6.07) is 11.8. The molecule has 5 nitrogen and oxygen atoms in total. The van der Waals surface area contributed by atoms with Crippen molar-refractivity contribution >= 4 is 0 Å². The van der Waals surface area contributed by atoms with Gasteiger partial charge in [-0.15, -0.1) is 0 Å². The van der Waals surface area contributed by atoms with E-state index in [4.69, 9.17) is 9.84 Å². The van der Waals surface area contributed by atoms with E-state index in [1.807, 2.05) is 42.2 Å². The maximum Gasteiger partial charge on any atom is 0.165 e. The maximum atomic E-state index is 10.4. The van der Waals surface area contributed by atoms with Crippen LogP contribution >= 0.6 is 0 Å². The topological polar surface area (TPSA) is 73.2 Å². The monoisotopic (exact) mass is 329 g/mol. The molecule has 0 spiro atoms. The molecule has 0 aliphatic carbocycles. The van der Waals surface area contributed by atoms with Gasteiger partial charge in [-0.25, -0.2) is 0 Å². The summed E-state index contributed by atoms with van der Waals surface area (Å²) in [4.78, 5) is 2.02. The minimum Gasteiger partial charge on any atom is -0.504 e. The second-order valence-corrected chi connectivity index (χ2v) is 6.22. The minimum atomic E-state index is -0.778. The molecule has 1 aliphatic heterocycles. The molecular weight excluding hydrogens is 306 g/mol. The Kier molecular flexibility index (Phi) is 5.04. The first-order valence-corrected chi connectivity index (χ1v) is 8.14. The van der Waals surface area contributed by atoms with Gasteiger partial charge in [0.25, 0.3) is 0 Å². The van der Waals surface area contributed by atoms with Crippen molar-refractivity contribution < 1.29 is 20.1 Å². The van der Waals surface area contributed by atoms with Crippen LogP contribution in [0.4, 0.5) is 0 Å². The van der Waals surface area contributed by atoms with Crippen LogP contribution in [-0.2, 0) is 6.54 Å². The first-order chi connectivity index (χ1) is 11.6. The number of aliphatic hydroxyl groups is 2. The molecule has 3 rings (SSSR count). The number of hydrogen-bond donors (Lipinski definition) is 3. The van der Waals surface area contributed by atoms with E-state index in [2.05, 4.69) is 0 Å². The number of aromatic hydroxyl groups is 1. The highest BCUT2D eigenvalue weighted by molar-refractivity contribution is 5.71. The molecule has 128 valence electrons. The van der Waals surface area contributed by atoms with Gasteiger partial charge in [0.05, 0.1) is 12.7 Å². The fraction of sp³-hybridized carbons (Fsp3) is 0.368. The predicted octanol–water partition coefficient (Wildman–Crippen LogP) is 1.92. The van der Waals surface area contributed by atoms with Crippen molar-refractivity contribution in [3.05, 3.63) is 47.5 Å². The lowest BCUT2D eigenvalue weighted by Gasteiger charge is -2.21. The van der Waals surface area contributed by atoms with Gasteiger partial charge in [-0.3, -0.25) is 4.90 Å². The largest absolute Gasteiger partial charge is 0.504 e. The number of phenolic OH excluding ortho intramolecular Hbond substituents is 1. The van der Waals surface area contributed by atoms with E-state index in [0.717, 1.165) is 22.3 Å². The second kappa shape index (κ2) is 7.21. The summed E-state index contributed by atoms with van der Waals surface area (Å²) in [5.41, 5.74) is 4.04. The number of benzene rings is 2. The molecule has 1 heterocycles. The fourth-order valence-electron chi connectivity index (χ4n) is 3.12. The number of ether oxygens (including phenoxy) is 1. The molecular formula is C19H23NO4. The van der Waals surface area contributed by atoms with Gasteiger partial charge in [0.2, 0.25) is 0 Å². The van der Waals surface area contributed by atoms with Crippen molar-refractivity contribution in [1.82, 2.24) is 4.90 Å². The van der Waals surface area contributed by atoms with Gasteiger partial charge >= 0.3 is 0 Å². The zero-order valence-corrected chi connectivity index (χ0v) is 13.8. The van der Waals surface area contributed by atoms with E-state index >= 15 is 0 Å². The van der Waals surface area contributed by atoms with Gasteiger partial charge in [-0.2, -0.15) is 0 Å². The average Bonchev–Trinajstić information content (AvgIpc) is 2.77. The fourth-order valence-corrected chi connectivity index (χ4v) is 3.12. The molecule has 2 aromatic rings. The van der Waals surface area contributed by atoms with Gasteiger partial charge in [0.15, 0.2) is 11.5 Å². The summed E-state index contributed by atoms with van der Waals surface area (Å²) in [7, 11) is 0. The lowest BCUT2D eigenvalue weighted by Crippen LogP contribution is -2.35. The van der Waals surface area contributed by atoms with Crippen molar-refractivity contribution in [3.63, 3.8) is 0 Å². The van der Waals surface area contributed by atoms with Crippen LogP contribution in [-0.4, -0.2) is 52.6 Å². The zero-order chi connectivity index (χ0) is 17.1. The molecule has 2 aromatic carbocycles. The molecule has 0 saturated heterocycles. The highest BCUT2D eigenvalue weighted by Crippen LogP contribution is 2.38. The lowest BCUT2D eigenvalue weighted by atomic mass is 9.98. The first-order valence-electron chi connectivity index (χ1n) is 8.14. The van der Waals surface area contributed by atoms with Crippen LogP contribution in [0.1, 0.15) is 11.1 Å². The molecule has 5 heteroatoms. The number of β-amino-alcohol motifs (C(OH)–C–C–N with tert-alkyl or cyclic N) is 1. The van der Waals surface area contributed by atoms with Crippen LogP contribution in [0, 0.1) is 6.92 Å². The third-order valence-corrected chi connectivity index (χ3v) is 4.33. The Morgan fingerprint density at radius 2 is 2.04 bits per heavy atom. The van der Waals surface area contributed by atoms with E-state index in [1.54, 1.807) is 6.07 Å². The van der Waals surface area contributed by atoms with Gasteiger partial charge in [-0.1, -0.05) is 24.3 Å². The molecule has 1 atom stereocenters. The number of aliphatic hydroxyl groups excluding tert-OH is 2. The molecule has 24 heavy (non-hydrogen) atoms. The van der Waals surface area contributed by atoms with Crippen molar-refractivity contribution in [2.45, 2.75) is 19.6 Å². The van der Waals surface area contributed by atoms with Crippen LogP contribution in [0.15, 0.2) is 36.4 Å². The Morgan fingerprint density at radius 1 is 1.25 bits per heavy atom. The van der Waals surface area contributed by atoms with Crippen molar-refractivity contribution in [2.24, 2.45) is 0 Å². The molecule has 0 aromatic heterocycles. The summed E-state index contributed by atoms with van der Waals surface area (Å²) < 4.78 is 5.71. The van der Waals surface area contributed by atoms with E-state index in [9.17, 15) is 10.2 Å². The minimum absolute atomic E-state index is 0.135. The van der Waals surface area contributed by atoms with Crippen LogP contribution < -0.4 is 4.74 Å². The predicted molar refractivity (Wildman–Crippen MR) is 92.1 cm³/mol. The van der Waals surface area contributed by atoms with Gasteiger partial charge in [0, 0.05) is 25.2 Å². The van der Waals surface area contributed by atoms with Gasteiger partial charge in [0.1, 0.15) is 6.61 Å². The number of aryl methyl sites for hydroxylation is 1. The molecule has 3 N–H and O–H groups in total. The van der Waals surface area contributed by atoms with Gasteiger partial charge < -0.3 is 20.1 Å². The standard InChI is InChI=1S/C19H23NO4/c1-13-4-2-3-5-17(13)14-8-15-10-20(11-16(22)12-21)6-7-24-19(15)18(23)9-14/h2-5,8-9,16,21-23H,6-7,10-12H2,1H3/t16-/m0/s1. The Morgan fingerprint density at radius 3 is 2.79 bits per heavy atom. The van der Waals surface area contributed by atoms with Crippen LogP contribution in [0.5, 0.6) is 11.5 Å². The van der Waals surface area contributed by atoms with Gasteiger partial charge in [-0.05, 0) is 35.7 Å². The lowest BCUT2D eigenvalue weighted by molar-refractivity contribution is 0.0551. The van der Waals surface area contributed by atoms with Crippen molar-refractivity contribution in [3.8, 4) is 22.6 Å². The SMILES string of the molecule is Cc1ccccc1-c1cc(O)c2c(c1)CN(C[C@H](O)CO)CCO2.